The van der Waals surface area contributed by atoms with Gasteiger partial charge in [-0.25, -0.2) is 18.1 Å². The second kappa shape index (κ2) is 7.18. The number of aromatic nitrogens is 1. The average molecular weight is 291 g/mol. The van der Waals surface area contributed by atoms with Crippen LogP contribution in [0.5, 0.6) is 0 Å². The van der Waals surface area contributed by atoms with E-state index >= 15 is 0 Å². The Hall–Kier alpha value is -0.500. The Balaban J connectivity index is 2.37. The SMILES string of the molecule is CCNCC(C)S(=O)(=O)NCCc1nc(C)cs1. The highest BCUT2D eigenvalue weighted by molar-refractivity contribution is 7.90. The minimum absolute atomic E-state index is 0.408. The predicted molar refractivity (Wildman–Crippen MR) is 75.5 cm³/mol. The number of hydrogen-bond donors (Lipinski definition) is 2. The number of rotatable bonds is 8. The lowest BCUT2D eigenvalue weighted by Crippen LogP contribution is -2.39. The Morgan fingerprint density at radius 1 is 1.50 bits per heavy atom. The van der Waals surface area contributed by atoms with Gasteiger partial charge in [0, 0.05) is 30.6 Å². The number of sulfonamides is 1. The van der Waals surface area contributed by atoms with E-state index in [4.69, 9.17) is 0 Å². The molecule has 2 N–H and O–H groups in total. The summed E-state index contributed by atoms with van der Waals surface area (Å²) in [6.07, 6.45) is 0.645. The zero-order chi connectivity index (χ0) is 13.6. The van der Waals surface area contributed by atoms with Gasteiger partial charge in [0.15, 0.2) is 0 Å². The summed E-state index contributed by atoms with van der Waals surface area (Å²) in [7, 11) is -3.23. The van der Waals surface area contributed by atoms with Gasteiger partial charge in [-0.05, 0) is 20.4 Å². The fourth-order valence-electron chi connectivity index (χ4n) is 1.42. The molecule has 1 unspecified atom stereocenters. The molecule has 104 valence electrons. The van der Waals surface area contributed by atoms with Gasteiger partial charge >= 0.3 is 0 Å². The minimum atomic E-state index is -3.23. The molecule has 0 aromatic carbocycles. The van der Waals surface area contributed by atoms with Crippen LogP contribution in [-0.2, 0) is 16.4 Å². The maximum absolute atomic E-state index is 11.9. The van der Waals surface area contributed by atoms with E-state index < -0.39 is 15.3 Å². The van der Waals surface area contributed by atoms with Crippen LogP contribution in [0.2, 0.25) is 0 Å². The molecule has 0 aliphatic carbocycles. The first-order valence-corrected chi connectivity index (χ1v) is 8.48. The number of nitrogens with one attached hydrogen (secondary N) is 2. The first-order valence-electron chi connectivity index (χ1n) is 6.06. The molecule has 5 nitrogen and oxygen atoms in total. The second-order valence-electron chi connectivity index (χ2n) is 4.19. The van der Waals surface area contributed by atoms with Gasteiger partial charge in [-0.1, -0.05) is 6.92 Å². The lowest BCUT2D eigenvalue weighted by atomic mass is 10.4. The van der Waals surface area contributed by atoms with Crippen LogP contribution in [-0.4, -0.2) is 38.3 Å². The van der Waals surface area contributed by atoms with Crippen LogP contribution in [0.1, 0.15) is 24.5 Å². The summed E-state index contributed by atoms with van der Waals surface area (Å²) in [6.45, 7) is 7.25. The average Bonchev–Trinajstić information content (AvgIpc) is 2.71. The van der Waals surface area contributed by atoms with Gasteiger partial charge in [0.2, 0.25) is 10.0 Å². The largest absolute Gasteiger partial charge is 0.316 e. The normalized spacial score (nSPS) is 13.7. The standard InChI is InChI=1S/C11H21N3O2S2/c1-4-12-7-10(3)18(15,16)13-6-5-11-14-9(2)8-17-11/h8,10,12-13H,4-7H2,1-3H3. The summed E-state index contributed by atoms with van der Waals surface area (Å²) in [5.74, 6) is 0. The Morgan fingerprint density at radius 2 is 2.22 bits per heavy atom. The molecule has 0 aliphatic rings. The van der Waals surface area contributed by atoms with E-state index in [-0.39, 0.29) is 0 Å². The first kappa shape index (κ1) is 15.6. The van der Waals surface area contributed by atoms with Crippen molar-refractivity contribution in [3.8, 4) is 0 Å². The molecule has 7 heteroatoms. The van der Waals surface area contributed by atoms with Crippen molar-refractivity contribution in [2.24, 2.45) is 0 Å². The molecule has 1 aromatic rings. The zero-order valence-electron chi connectivity index (χ0n) is 11.1. The van der Waals surface area contributed by atoms with E-state index in [1.807, 2.05) is 19.2 Å². The van der Waals surface area contributed by atoms with E-state index in [1.54, 1.807) is 18.3 Å². The number of thiazole rings is 1. The van der Waals surface area contributed by atoms with Gasteiger partial charge in [0.25, 0.3) is 0 Å². The lowest BCUT2D eigenvalue weighted by Gasteiger charge is -2.13. The lowest BCUT2D eigenvalue weighted by molar-refractivity contribution is 0.560. The molecule has 0 bridgehead atoms. The van der Waals surface area contributed by atoms with Gasteiger partial charge in [-0.3, -0.25) is 0 Å². The van der Waals surface area contributed by atoms with Gasteiger partial charge in [-0.15, -0.1) is 11.3 Å². The van der Waals surface area contributed by atoms with Gasteiger partial charge in [-0.2, -0.15) is 0 Å². The predicted octanol–water partition coefficient (Wildman–Crippen LogP) is 0.911. The van der Waals surface area contributed by atoms with E-state index in [9.17, 15) is 8.42 Å². The number of aryl methyl sites for hydroxylation is 1. The molecule has 1 atom stereocenters. The third kappa shape index (κ3) is 5.01. The van der Waals surface area contributed by atoms with Crippen LogP contribution < -0.4 is 10.0 Å². The van der Waals surface area contributed by atoms with Crippen molar-refractivity contribution in [3.05, 3.63) is 16.1 Å². The monoisotopic (exact) mass is 291 g/mol. The molecular formula is C11H21N3O2S2. The van der Waals surface area contributed by atoms with Gasteiger partial charge < -0.3 is 5.32 Å². The van der Waals surface area contributed by atoms with Crippen molar-refractivity contribution in [2.75, 3.05) is 19.6 Å². The molecule has 1 aromatic heterocycles. The molecule has 1 rings (SSSR count). The smallest absolute Gasteiger partial charge is 0.215 e. The molecule has 0 saturated heterocycles. The highest BCUT2D eigenvalue weighted by Crippen LogP contribution is 2.08. The van der Waals surface area contributed by atoms with Crippen LogP contribution in [0, 0.1) is 6.92 Å². The Morgan fingerprint density at radius 3 is 2.78 bits per heavy atom. The number of hydrogen-bond acceptors (Lipinski definition) is 5. The van der Waals surface area contributed by atoms with Crippen molar-refractivity contribution in [3.63, 3.8) is 0 Å². The molecule has 18 heavy (non-hydrogen) atoms. The molecular weight excluding hydrogens is 270 g/mol. The highest BCUT2D eigenvalue weighted by atomic mass is 32.2. The third-order valence-corrected chi connectivity index (χ3v) is 5.38. The first-order chi connectivity index (χ1) is 8.45. The topological polar surface area (TPSA) is 71.1 Å². The Kier molecular flexibility index (Phi) is 6.20. The van der Waals surface area contributed by atoms with E-state index in [2.05, 4.69) is 15.0 Å². The highest BCUT2D eigenvalue weighted by Gasteiger charge is 2.19. The van der Waals surface area contributed by atoms with Crippen LogP contribution in [0.4, 0.5) is 0 Å². The summed E-state index contributed by atoms with van der Waals surface area (Å²) < 4.78 is 26.4. The van der Waals surface area contributed by atoms with Crippen LogP contribution in [0.3, 0.4) is 0 Å². The fourth-order valence-corrected chi connectivity index (χ4v) is 3.20. The van der Waals surface area contributed by atoms with Gasteiger partial charge in [0.1, 0.15) is 0 Å². The maximum atomic E-state index is 11.9. The molecule has 0 amide bonds. The fraction of sp³-hybridized carbons (Fsp3) is 0.727. The van der Waals surface area contributed by atoms with Crippen molar-refractivity contribution < 1.29 is 8.42 Å². The van der Waals surface area contributed by atoms with Crippen molar-refractivity contribution in [1.82, 2.24) is 15.0 Å². The quantitative estimate of drug-likeness (QED) is 0.747. The van der Waals surface area contributed by atoms with Crippen molar-refractivity contribution in [1.29, 1.82) is 0 Å². The summed E-state index contributed by atoms with van der Waals surface area (Å²) >= 11 is 1.56. The number of nitrogens with zero attached hydrogens (tertiary/aromatic N) is 1. The van der Waals surface area contributed by atoms with Crippen LogP contribution >= 0.6 is 11.3 Å². The van der Waals surface area contributed by atoms with Crippen LogP contribution in [0.15, 0.2) is 5.38 Å². The van der Waals surface area contributed by atoms with E-state index in [0.29, 0.717) is 19.5 Å². The zero-order valence-corrected chi connectivity index (χ0v) is 12.7. The second-order valence-corrected chi connectivity index (χ2v) is 7.32. The molecule has 0 fully saturated rings. The minimum Gasteiger partial charge on any atom is -0.316 e. The molecule has 1 heterocycles. The van der Waals surface area contributed by atoms with Crippen molar-refractivity contribution >= 4 is 21.4 Å². The van der Waals surface area contributed by atoms with E-state index in [1.165, 1.54) is 0 Å². The van der Waals surface area contributed by atoms with Gasteiger partial charge in [0.05, 0.1) is 10.3 Å². The molecule has 0 aliphatic heterocycles. The Bertz CT molecular complexity index is 457. The third-order valence-electron chi connectivity index (χ3n) is 2.52. The summed E-state index contributed by atoms with van der Waals surface area (Å²) in [5, 5.41) is 5.55. The maximum Gasteiger partial charge on any atom is 0.215 e. The summed E-state index contributed by atoms with van der Waals surface area (Å²) in [6, 6.07) is 0. The molecule has 0 spiro atoms. The molecule has 0 radical (unpaired) electrons. The summed E-state index contributed by atoms with van der Waals surface area (Å²) in [5.41, 5.74) is 0.985. The molecule has 0 saturated carbocycles. The van der Waals surface area contributed by atoms with E-state index in [0.717, 1.165) is 17.2 Å². The van der Waals surface area contributed by atoms with Crippen molar-refractivity contribution in [2.45, 2.75) is 32.4 Å². The van der Waals surface area contributed by atoms with Crippen LogP contribution in [0.25, 0.3) is 0 Å². The summed E-state index contributed by atoms with van der Waals surface area (Å²) in [4.78, 5) is 4.30. The Labute approximate surface area is 113 Å².